The van der Waals surface area contributed by atoms with E-state index in [1.807, 2.05) is 18.2 Å². The van der Waals surface area contributed by atoms with E-state index in [1.165, 1.54) is 6.26 Å². The largest absolute Gasteiger partial charge is 0.493 e. The summed E-state index contributed by atoms with van der Waals surface area (Å²) in [7, 11) is 1.78. The monoisotopic (exact) mass is 336 g/mol. The maximum Gasteiger partial charge on any atom is 0.276 e. The standard InChI is InChI=1S/C14H13BrN2O3/c1-17(14(18)11-4-7-20-16-11)12-5-6-19-13-3-2-9(15)8-10(12)13/h2-4,7-8,12H,5-6H2,1H3/t12-/m1/s1. The predicted octanol–water partition coefficient (Wildman–Crippen LogP) is 3.03. The van der Waals surface area contributed by atoms with Crippen molar-refractivity contribution in [3.05, 3.63) is 46.3 Å². The summed E-state index contributed by atoms with van der Waals surface area (Å²) in [5.74, 6) is 0.667. The summed E-state index contributed by atoms with van der Waals surface area (Å²) >= 11 is 3.46. The summed E-state index contributed by atoms with van der Waals surface area (Å²) in [6.45, 7) is 0.593. The lowest BCUT2D eigenvalue weighted by Gasteiger charge is -2.32. The lowest BCUT2D eigenvalue weighted by molar-refractivity contribution is 0.0676. The number of carbonyl (C=O) groups is 1. The SMILES string of the molecule is CN(C(=O)c1ccon1)[C@@H]1CCOc2ccc(Br)cc21. The first kappa shape index (κ1) is 13.2. The zero-order chi connectivity index (χ0) is 14.1. The van der Waals surface area contributed by atoms with Gasteiger partial charge in [-0.05, 0) is 18.2 Å². The summed E-state index contributed by atoms with van der Waals surface area (Å²) in [5.41, 5.74) is 1.32. The highest BCUT2D eigenvalue weighted by Gasteiger charge is 2.29. The molecule has 0 saturated carbocycles. The number of carbonyl (C=O) groups excluding carboxylic acids is 1. The number of ether oxygens (including phenoxy) is 1. The molecule has 1 aliphatic heterocycles. The summed E-state index contributed by atoms with van der Waals surface area (Å²) in [6, 6.07) is 7.38. The van der Waals surface area contributed by atoms with Crippen molar-refractivity contribution in [3.63, 3.8) is 0 Å². The van der Waals surface area contributed by atoms with Gasteiger partial charge in [0.15, 0.2) is 5.69 Å². The van der Waals surface area contributed by atoms with Gasteiger partial charge in [-0.1, -0.05) is 21.1 Å². The third-order valence-corrected chi connectivity index (χ3v) is 3.92. The van der Waals surface area contributed by atoms with Crippen molar-refractivity contribution >= 4 is 21.8 Å². The second kappa shape index (κ2) is 5.28. The number of halogens is 1. The molecule has 20 heavy (non-hydrogen) atoms. The molecule has 0 N–H and O–H groups in total. The maximum atomic E-state index is 12.4. The highest BCUT2D eigenvalue weighted by Crippen LogP contribution is 2.37. The third-order valence-electron chi connectivity index (χ3n) is 3.42. The number of benzene rings is 1. The minimum Gasteiger partial charge on any atom is -0.493 e. The maximum absolute atomic E-state index is 12.4. The number of nitrogens with zero attached hydrogens (tertiary/aromatic N) is 2. The van der Waals surface area contributed by atoms with Crippen LogP contribution in [0.3, 0.4) is 0 Å². The van der Waals surface area contributed by atoms with Crippen LogP contribution in [0.5, 0.6) is 5.75 Å². The molecular weight excluding hydrogens is 324 g/mol. The fourth-order valence-electron chi connectivity index (χ4n) is 2.39. The zero-order valence-electron chi connectivity index (χ0n) is 10.9. The fraction of sp³-hybridized carbons (Fsp3) is 0.286. The Balaban J connectivity index is 1.92. The minimum atomic E-state index is -0.156. The smallest absolute Gasteiger partial charge is 0.276 e. The van der Waals surface area contributed by atoms with Crippen LogP contribution in [0, 0.1) is 0 Å². The van der Waals surface area contributed by atoms with Crippen LogP contribution in [-0.2, 0) is 0 Å². The van der Waals surface area contributed by atoms with Crippen LogP contribution in [0.15, 0.2) is 39.5 Å². The van der Waals surface area contributed by atoms with Crippen molar-refractivity contribution in [1.82, 2.24) is 10.1 Å². The van der Waals surface area contributed by atoms with E-state index in [0.29, 0.717) is 12.3 Å². The summed E-state index contributed by atoms with van der Waals surface area (Å²) in [6.07, 6.45) is 2.15. The van der Waals surface area contributed by atoms with Gasteiger partial charge in [0, 0.05) is 29.6 Å². The van der Waals surface area contributed by atoms with Crippen molar-refractivity contribution < 1.29 is 14.1 Å². The van der Waals surface area contributed by atoms with Crippen LogP contribution in [-0.4, -0.2) is 29.6 Å². The fourth-order valence-corrected chi connectivity index (χ4v) is 2.77. The number of fused-ring (bicyclic) bond motifs is 1. The Bertz CT molecular complexity index is 627. The highest BCUT2D eigenvalue weighted by molar-refractivity contribution is 9.10. The Hall–Kier alpha value is -1.82. The molecule has 0 aliphatic carbocycles. The van der Waals surface area contributed by atoms with Crippen LogP contribution >= 0.6 is 15.9 Å². The van der Waals surface area contributed by atoms with E-state index in [0.717, 1.165) is 22.2 Å². The molecule has 2 aromatic rings. The van der Waals surface area contributed by atoms with E-state index < -0.39 is 0 Å². The van der Waals surface area contributed by atoms with E-state index >= 15 is 0 Å². The lowest BCUT2D eigenvalue weighted by Crippen LogP contribution is -2.34. The number of amides is 1. The summed E-state index contributed by atoms with van der Waals surface area (Å²) in [4.78, 5) is 14.0. The Morgan fingerprint density at radius 1 is 1.45 bits per heavy atom. The molecule has 1 amide bonds. The van der Waals surface area contributed by atoms with Crippen molar-refractivity contribution in [2.75, 3.05) is 13.7 Å². The summed E-state index contributed by atoms with van der Waals surface area (Å²) in [5, 5.41) is 3.70. The molecule has 6 heteroatoms. The Kier molecular flexibility index (Phi) is 3.48. The molecule has 0 fully saturated rings. The van der Waals surface area contributed by atoms with E-state index in [2.05, 4.69) is 21.1 Å². The van der Waals surface area contributed by atoms with Gasteiger partial charge in [0.2, 0.25) is 0 Å². The van der Waals surface area contributed by atoms with Gasteiger partial charge in [0.1, 0.15) is 12.0 Å². The van der Waals surface area contributed by atoms with E-state index in [9.17, 15) is 4.79 Å². The highest BCUT2D eigenvalue weighted by atomic mass is 79.9. The van der Waals surface area contributed by atoms with Crippen LogP contribution in [0.25, 0.3) is 0 Å². The van der Waals surface area contributed by atoms with Crippen molar-refractivity contribution in [1.29, 1.82) is 0 Å². The number of hydrogen-bond acceptors (Lipinski definition) is 4. The van der Waals surface area contributed by atoms with E-state index in [-0.39, 0.29) is 11.9 Å². The average molecular weight is 337 g/mol. The molecule has 2 heterocycles. The topological polar surface area (TPSA) is 55.6 Å². The Morgan fingerprint density at radius 2 is 2.30 bits per heavy atom. The molecule has 104 valence electrons. The molecule has 1 aromatic carbocycles. The van der Waals surface area contributed by atoms with Gasteiger partial charge < -0.3 is 14.2 Å². The quantitative estimate of drug-likeness (QED) is 0.845. The average Bonchev–Trinajstić information content (AvgIpc) is 2.99. The van der Waals surface area contributed by atoms with Gasteiger partial charge in [-0.25, -0.2) is 0 Å². The summed E-state index contributed by atoms with van der Waals surface area (Å²) < 4.78 is 11.3. The van der Waals surface area contributed by atoms with Gasteiger partial charge in [0.05, 0.1) is 12.6 Å². The molecule has 0 unspecified atom stereocenters. The van der Waals surface area contributed by atoms with E-state index in [1.54, 1.807) is 18.0 Å². The molecule has 5 nitrogen and oxygen atoms in total. The molecule has 3 rings (SSSR count). The van der Waals surface area contributed by atoms with Crippen molar-refractivity contribution in [2.24, 2.45) is 0 Å². The molecule has 0 saturated heterocycles. The second-order valence-corrected chi connectivity index (χ2v) is 5.55. The molecule has 1 aliphatic rings. The Labute approximate surface area is 124 Å². The molecule has 1 atom stereocenters. The lowest BCUT2D eigenvalue weighted by atomic mass is 9.99. The molecule has 1 aromatic heterocycles. The van der Waals surface area contributed by atoms with Crippen LogP contribution < -0.4 is 4.74 Å². The number of rotatable bonds is 2. The van der Waals surface area contributed by atoms with Crippen LogP contribution in [0.4, 0.5) is 0 Å². The molecule has 0 bridgehead atoms. The van der Waals surface area contributed by atoms with Gasteiger partial charge in [-0.3, -0.25) is 4.79 Å². The van der Waals surface area contributed by atoms with Gasteiger partial charge in [-0.2, -0.15) is 0 Å². The Morgan fingerprint density at radius 3 is 3.05 bits per heavy atom. The first-order chi connectivity index (χ1) is 9.66. The molecular formula is C14H13BrN2O3. The normalized spacial score (nSPS) is 17.2. The van der Waals surface area contributed by atoms with Gasteiger partial charge >= 0.3 is 0 Å². The zero-order valence-corrected chi connectivity index (χ0v) is 12.5. The predicted molar refractivity (Wildman–Crippen MR) is 75.6 cm³/mol. The van der Waals surface area contributed by atoms with Crippen LogP contribution in [0.1, 0.15) is 28.5 Å². The minimum absolute atomic E-state index is 0.0274. The number of aromatic nitrogens is 1. The third kappa shape index (κ3) is 2.31. The van der Waals surface area contributed by atoms with Gasteiger partial charge in [-0.15, -0.1) is 0 Å². The van der Waals surface area contributed by atoms with Gasteiger partial charge in [0.25, 0.3) is 5.91 Å². The van der Waals surface area contributed by atoms with E-state index in [4.69, 9.17) is 9.26 Å². The second-order valence-electron chi connectivity index (χ2n) is 4.64. The number of hydrogen-bond donors (Lipinski definition) is 0. The van der Waals surface area contributed by atoms with Crippen molar-refractivity contribution in [3.8, 4) is 5.75 Å². The van der Waals surface area contributed by atoms with Crippen molar-refractivity contribution in [2.45, 2.75) is 12.5 Å². The van der Waals surface area contributed by atoms with Crippen LogP contribution in [0.2, 0.25) is 0 Å². The molecule has 0 radical (unpaired) electrons. The first-order valence-corrected chi connectivity index (χ1v) is 7.06. The molecule has 0 spiro atoms. The first-order valence-electron chi connectivity index (χ1n) is 6.26.